The Morgan fingerprint density at radius 3 is 2.63 bits per heavy atom. The molecule has 0 bridgehead atoms. The molecule has 19 heavy (non-hydrogen) atoms. The van der Waals surface area contributed by atoms with Gasteiger partial charge in [0.15, 0.2) is 5.69 Å². The Bertz CT molecular complexity index is 645. The number of carbonyl (C=O) groups is 1. The van der Waals surface area contributed by atoms with Gasteiger partial charge in [0, 0.05) is 10.6 Å². The van der Waals surface area contributed by atoms with Crippen molar-refractivity contribution in [1.29, 1.82) is 0 Å². The first kappa shape index (κ1) is 13.6. The van der Waals surface area contributed by atoms with Gasteiger partial charge in [-0.2, -0.15) is 0 Å². The monoisotopic (exact) mass is 296 g/mol. The number of nitrogens with two attached hydrogens (primary N) is 1. The lowest BCUT2D eigenvalue weighted by Gasteiger charge is -2.08. The molecule has 98 valence electrons. The predicted molar refractivity (Wildman–Crippen MR) is 75.4 cm³/mol. The van der Waals surface area contributed by atoms with Crippen LogP contribution in [0.25, 0.3) is 11.3 Å². The fraction of sp³-hybridized carbons (Fsp3) is 0.0769. The van der Waals surface area contributed by atoms with Crippen LogP contribution in [0.2, 0.25) is 10.0 Å². The number of carbonyl (C=O) groups excluding carboxylic acids is 1. The summed E-state index contributed by atoms with van der Waals surface area (Å²) < 4.78 is 4.62. The number of anilines is 1. The van der Waals surface area contributed by atoms with E-state index in [0.717, 1.165) is 0 Å². The highest BCUT2D eigenvalue weighted by Gasteiger charge is 2.14. The highest BCUT2D eigenvalue weighted by atomic mass is 35.5. The zero-order chi connectivity index (χ0) is 14.0. The SMILES string of the molecule is COC(=O)c1nc(-c2ccc(Cl)cc2Cl)ccc1N. The summed E-state index contributed by atoms with van der Waals surface area (Å²) in [7, 11) is 1.27. The minimum atomic E-state index is -0.593. The van der Waals surface area contributed by atoms with Gasteiger partial charge in [0.2, 0.25) is 0 Å². The van der Waals surface area contributed by atoms with Gasteiger partial charge in [-0.15, -0.1) is 0 Å². The average Bonchev–Trinajstić information content (AvgIpc) is 2.39. The number of nitrogens with zero attached hydrogens (tertiary/aromatic N) is 1. The molecule has 1 aromatic carbocycles. The fourth-order valence-electron chi connectivity index (χ4n) is 1.58. The molecule has 0 saturated heterocycles. The van der Waals surface area contributed by atoms with Crippen molar-refractivity contribution in [3.05, 3.63) is 46.1 Å². The molecule has 0 radical (unpaired) electrons. The Balaban J connectivity index is 2.54. The molecule has 4 nitrogen and oxygen atoms in total. The normalized spacial score (nSPS) is 10.3. The van der Waals surface area contributed by atoms with Gasteiger partial charge in [-0.1, -0.05) is 23.2 Å². The minimum Gasteiger partial charge on any atom is -0.464 e. The van der Waals surface area contributed by atoms with E-state index in [2.05, 4.69) is 9.72 Å². The number of benzene rings is 1. The van der Waals surface area contributed by atoms with Gasteiger partial charge in [0.1, 0.15) is 0 Å². The van der Waals surface area contributed by atoms with Gasteiger partial charge in [0.25, 0.3) is 0 Å². The second-order valence-corrected chi connectivity index (χ2v) is 4.59. The van der Waals surface area contributed by atoms with Crippen LogP contribution < -0.4 is 5.73 Å². The topological polar surface area (TPSA) is 65.2 Å². The second kappa shape index (κ2) is 5.47. The van der Waals surface area contributed by atoms with Gasteiger partial charge in [-0.05, 0) is 30.3 Å². The van der Waals surface area contributed by atoms with Crippen molar-refractivity contribution < 1.29 is 9.53 Å². The van der Waals surface area contributed by atoms with Crippen molar-refractivity contribution in [2.45, 2.75) is 0 Å². The minimum absolute atomic E-state index is 0.0611. The zero-order valence-corrected chi connectivity index (χ0v) is 11.5. The van der Waals surface area contributed by atoms with E-state index in [4.69, 9.17) is 28.9 Å². The van der Waals surface area contributed by atoms with E-state index in [-0.39, 0.29) is 11.4 Å². The van der Waals surface area contributed by atoms with E-state index in [1.807, 2.05) is 0 Å². The highest BCUT2D eigenvalue weighted by molar-refractivity contribution is 6.36. The predicted octanol–water partition coefficient (Wildman–Crippen LogP) is 3.42. The van der Waals surface area contributed by atoms with Crippen LogP contribution in [0, 0.1) is 0 Å². The van der Waals surface area contributed by atoms with Gasteiger partial charge in [-0.25, -0.2) is 9.78 Å². The molecular formula is C13H10Cl2N2O2. The summed E-state index contributed by atoms with van der Waals surface area (Å²) in [5, 5.41) is 0.970. The fourth-order valence-corrected chi connectivity index (χ4v) is 2.08. The van der Waals surface area contributed by atoms with E-state index in [1.54, 1.807) is 30.3 Å². The Kier molecular flexibility index (Phi) is 3.93. The van der Waals surface area contributed by atoms with Crippen molar-refractivity contribution in [2.75, 3.05) is 12.8 Å². The molecule has 6 heteroatoms. The van der Waals surface area contributed by atoms with E-state index < -0.39 is 5.97 Å². The van der Waals surface area contributed by atoms with Crippen LogP contribution in [0.4, 0.5) is 5.69 Å². The molecule has 0 aliphatic heterocycles. The van der Waals surface area contributed by atoms with Crippen molar-refractivity contribution >= 4 is 34.9 Å². The lowest BCUT2D eigenvalue weighted by molar-refractivity contribution is 0.0595. The number of pyridine rings is 1. The Labute approximate surface area is 120 Å². The second-order valence-electron chi connectivity index (χ2n) is 3.75. The van der Waals surface area contributed by atoms with E-state index >= 15 is 0 Å². The average molecular weight is 297 g/mol. The summed E-state index contributed by atoms with van der Waals surface area (Å²) in [5.41, 5.74) is 7.19. The number of methoxy groups -OCH3 is 1. The van der Waals surface area contributed by atoms with Crippen molar-refractivity contribution in [1.82, 2.24) is 4.98 Å². The first-order valence-corrected chi connectivity index (χ1v) is 6.08. The molecule has 2 N–H and O–H groups in total. The van der Waals surface area contributed by atoms with Crippen LogP contribution in [-0.4, -0.2) is 18.1 Å². The molecule has 1 aromatic heterocycles. The summed E-state index contributed by atoms with van der Waals surface area (Å²) >= 11 is 11.9. The van der Waals surface area contributed by atoms with Crippen LogP contribution in [0.3, 0.4) is 0 Å². The molecule has 2 aromatic rings. The summed E-state index contributed by atoms with van der Waals surface area (Å²) in [4.78, 5) is 15.7. The van der Waals surface area contributed by atoms with Crippen LogP contribution in [0.1, 0.15) is 10.5 Å². The van der Waals surface area contributed by atoms with E-state index in [9.17, 15) is 4.79 Å². The summed E-state index contributed by atoms with van der Waals surface area (Å²) in [6, 6.07) is 8.29. The van der Waals surface area contributed by atoms with Crippen molar-refractivity contribution in [3.63, 3.8) is 0 Å². The quantitative estimate of drug-likeness (QED) is 0.862. The van der Waals surface area contributed by atoms with Gasteiger partial charge in [-0.3, -0.25) is 0 Å². The van der Waals surface area contributed by atoms with Crippen molar-refractivity contribution in [3.8, 4) is 11.3 Å². The van der Waals surface area contributed by atoms with Gasteiger partial charge < -0.3 is 10.5 Å². The highest BCUT2D eigenvalue weighted by Crippen LogP contribution is 2.30. The number of esters is 1. The molecule has 0 saturated carbocycles. The number of rotatable bonds is 2. The molecule has 0 aliphatic carbocycles. The number of hydrogen-bond acceptors (Lipinski definition) is 4. The Morgan fingerprint density at radius 1 is 1.26 bits per heavy atom. The van der Waals surface area contributed by atoms with E-state index in [0.29, 0.717) is 21.3 Å². The van der Waals surface area contributed by atoms with Gasteiger partial charge in [0.05, 0.1) is 23.5 Å². The maximum Gasteiger partial charge on any atom is 0.358 e. The third-order valence-electron chi connectivity index (χ3n) is 2.51. The Hall–Kier alpha value is -1.78. The molecule has 0 atom stereocenters. The first-order valence-electron chi connectivity index (χ1n) is 5.33. The molecule has 0 unspecified atom stereocenters. The maximum absolute atomic E-state index is 11.5. The van der Waals surface area contributed by atoms with Crippen LogP contribution in [0.15, 0.2) is 30.3 Å². The molecular weight excluding hydrogens is 287 g/mol. The lowest BCUT2D eigenvalue weighted by atomic mass is 10.1. The number of aromatic nitrogens is 1. The van der Waals surface area contributed by atoms with Crippen LogP contribution >= 0.6 is 23.2 Å². The number of halogens is 2. The molecule has 0 aliphatic rings. The molecule has 0 spiro atoms. The summed E-state index contributed by atoms with van der Waals surface area (Å²) in [5.74, 6) is -0.593. The summed E-state index contributed by atoms with van der Waals surface area (Å²) in [6.45, 7) is 0. The third-order valence-corrected chi connectivity index (χ3v) is 3.06. The smallest absolute Gasteiger partial charge is 0.358 e. The lowest BCUT2D eigenvalue weighted by Crippen LogP contribution is -2.09. The molecule has 0 amide bonds. The third kappa shape index (κ3) is 2.80. The number of hydrogen-bond donors (Lipinski definition) is 1. The van der Waals surface area contributed by atoms with Crippen LogP contribution in [-0.2, 0) is 4.74 Å². The molecule has 0 fully saturated rings. The van der Waals surface area contributed by atoms with Crippen LogP contribution in [0.5, 0.6) is 0 Å². The van der Waals surface area contributed by atoms with E-state index in [1.165, 1.54) is 7.11 Å². The first-order chi connectivity index (χ1) is 9.02. The number of ether oxygens (including phenoxy) is 1. The van der Waals surface area contributed by atoms with Gasteiger partial charge >= 0.3 is 5.97 Å². The maximum atomic E-state index is 11.5. The molecule has 1 heterocycles. The summed E-state index contributed by atoms with van der Waals surface area (Å²) in [6.07, 6.45) is 0. The molecule has 2 rings (SSSR count). The number of nitrogen functional groups attached to an aromatic ring is 1. The Morgan fingerprint density at radius 2 is 2.00 bits per heavy atom. The largest absolute Gasteiger partial charge is 0.464 e. The zero-order valence-electron chi connectivity index (χ0n) is 9.98. The standard InChI is InChI=1S/C13H10Cl2N2O2/c1-19-13(18)12-10(16)4-5-11(17-12)8-3-2-7(14)6-9(8)15/h2-6H,16H2,1H3. The van der Waals surface area contributed by atoms with Crippen molar-refractivity contribution in [2.24, 2.45) is 0 Å².